The second-order valence-electron chi connectivity index (χ2n) is 18.9. The number of allylic oxidation sites excluding steroid dienone is 10. The molecule has 0 radical (unpaired) electrons. The molecule has 0 bridgehead atoms. The first-order valence-electron chi connectivity index (χ1n) is 26.1. The molecule has 0 aromatic rings. The van der Waals surface area contributed by atoms with Crippen LogP contribution in [0.25, 0.3) is 0 Å². The van der Waals surface area contributed by atoms with Crippen LogP contribution >= 0.6 is 7.82 Å². The number of phosphoric acid groups is 1. The van der Waals surface area contributed by atoms with Crippen LogP contribution in [0.5, 0.6) is 0 Å². The van der Waals surface area contributed by atoms with Crippen LogP contribution in [0.4, 0.5) is 0 Å². The van der Waals surface area contributed by atoms with Crippen molar-refractivity contribution in [3.05, 3.63) is 60.8 Å². The highest BCUT2D eigenvalue weighted by Crippen LogP contribution is 2.38. The number of carbonyl (C=O) groups is 1. The molecule has 0 saturated carbocycles. The number of likely N-dealkylation sites (N-methyl/N-ethyl adjacent to an activating group) is 1. The lowest BCUT2D eigenvalue weighted by molar-refractivity contribution is -0.870. The fourth-order valence-electron chi connectivity index (χ4n) is 7.42. The van der Waals surface area contributed by atoms with Crippen molar-refractivity contribution in [1.29, 1.82) is 0 Å². The normalized spacial score (nSPS) is 14.6. The topological polar surface area (TPSA) is 108 Å². The molecule has 0 rings (SSSR count). The molecule has 0 aromatic carbocycles. The molecule has 0 aromatic heterocycles. The number of unbranched alkanes of at least 4 members (excludes halogenated alkanes) is 24. The number of hydrogen-bond donors (Lipinski definition) is 2. The molecule has 63 heavy (non-hydrogen) atoms. The SMILES string of the molecule is CC/C=C\C/C=C\C/C=C\C/C=C\C/C=C\CCCCCCCCCCCC(=O)NC(COP(=O)([O-])OCC[N+](C)(C)C)C(O)CCCCCCCCCCCCCCCCCC. The number of rotatable bonds is 47. The van der Waals surface area contributed by atoms with Gasteiger partial charge in [-0.15, -0.1) is 0 Å². The Morgan fingerprint density at radius 2 is 0.968 bits per heavy atom. The van der Waals surface area contributed by atoms with Gasteiger partial charge in [0, 0.05) is 6.42 Å². The Kier molecular flexibility index (Phi) is 44.1. The molecule has 0 fully saturated rings. The van der Waals surface area contributed by atoms with Gasteiger partial charge >= 0.3 is 0 Å². The molecule has 0 spiro atoms. The summed E-state index contributed by atoms with van der Waals surface area (Å²) >= 11 is 0. The number of hydrogen-bond acceptors (Lipinski definition) is 6. The van der Waals surface area contributed by atoms with Gasteiger partial charge in [-0.1, -0.05) is 222 Å². The molecule has 0 saturated heterocycles. The largest absolute Gasteiger partial charge is 0.756 e. The Morgan fingerprint density at radius 1 is 0.571 bits per heavy atom. The zero-order valence-corrected chi connectivity index (χ0v) is 42.7. The van der Waals surface area contributed by atoms with Crippen molar-refractivity contribution in [2.24, 2.45) is 0 Å². The lowest BCUT2D eigenvalue weighted by atomic mass is 10.0. The maximum Gasteiger partial charge on any atom is 0.268 e. The predicted octanol–water partition coefficient (Wildman–Crippen LogP) is 14.7. The second kappa shape index (κ2) is 45.4. The number of quaternary nitrogens is 1. The number of aliphatic hydroxyl groups excluding tert-OH is 1. The Balaban J connectivity index is 4.24. The van der Waals surface area contributed by atoms with Crippen LogP contribution in [0.15, 0.2) is 60.8 Å². The average molecular weight is 905 g/mol. The summed E-state index contributed by atoms with van der Waals surface area (Å²) in [6.07, 6.45) is 59.4. The van der Waals surface area contributed by atoms with Gasteiger partial charge in [-0.2, -0.15) is 0 Å². The molecule has 8 nitrogen and oxygen atoms in total. The number of phosphoric ester groups is 1. The van der Waals surface area contributed by atoms with Crippen LogP contribution in [0.2, 0.25) is 0 Å². The quantitative estimate of drug-likeness (QED) is 0.0273. The van der Waals surface area contributed by atoms with Crippen LogP contribution in [0.3, 0.4) is 0 Å². The molecule has 368 valence electrons. The molecule has 1 amide bonds. The van der Waals surface area contributed by atoms with E-state index in [2.05, 4.69) is 79.9 Å². The molecular weight excluding hydrogens is 804 g/mol. The summed E-state index contributed by atoms with van der Waals surface area (Å²) in [4.78, 5) is 25.5. The molecule has 3 atom stereocenters. The summed E-state index contributed by atoms with van der Waals surface area (Å²) < 4.78 is 23.4. The third kappa shape index (κ3) is 48.0. The standard InChI is InChI=1S/C54H101N2O6P/c1-6-8-10-12-14-16-18-20-22-24-25-26-27-28-29-30-31-32-34-36-38-40-42-44-46-48-54(58)55-52(51-62-63(59,60)61-50-49-56(3,4)5)53(57)47-45-43-41-39-37-35-33-23-21-19-17-15-13-11-9-7-2/h8,10,14,16,20,22,25-26,28-29,52-53,57H,6-7,9,11-13,15,17-19,21,23-24,27,30-51H2,1-5H3,(H-,55,58,59,60)/b10-8-,16-14-,22-20-,26-25-,29-28-. The minimum absolute atomic E-state index is 0.00879. The van der Waals surface area contributed by atoms with Crippen LogP contribution in [0, 0.1) is 0 Å². The molecule has 9 heteroatoms. The van der Waals surface area contributed by atoms with Gasteiger partial charge in [-0.3, -0.25) is 9.36 Å². The highest BCUT2D eigenvalue weighted by atomic mass is 31.2. The Hall–Kier alpha value is -1.80. The second-order valence-corrected chi connectivity index (χ2v) is 20.3. The van der Waals surface area contributed by atoms with Crippen molar-refractivity contribution >= 4 is 13.7 Å². The Bertz CT molecular complexity index is 1210. The van der Waals surface area contributed by atoms with Gasteiger partial charge in [-0.05, 0) is 57.8 Å². The first-order valence-corrected chi connectivity index (χ1v) is 27.6. The van der Waals surface area contributed by atoms with Crippen molar-refractivity contribution in [2.75, 3.05) is 40.9 Å². The summed E-state index contributed by atoms with van der Waals surface area (Å²) in [5.41, 5.74) is 0. The van der Waals surface area contributed by atoms with Gasteiger partial charge in [0.15, 0.2) is 0 Å². The van der Waals surface area contributed by atoms with E-state index in [0.29, 0.717) is 23.9 Å². The van der Waals surface area contributed by atoms with E-state index in [1.54, 1.807) is 0 Å². The lowest BCUT2D eigenvalue weighted by Gasteiger charge is -2.30. The average Bonchev–Trinajstić information content (AvgIpc) is 3.24. The van der Waals surface area contributed by atoms with Crippen molar-refractivity contribution in [3.63, 3.8) is 0 Å². The summed E-state index contributed by atoms with van der Waals surface area (Å²) in [5, 5.41) is 14.0. The summed E-state index contributed by atoms with van der Waals surface area (Å²) in [6, 6.07) is -0.806. The number of amides is 1. The number of nitrogens with zero attached hydrogens (tertiary/aromatic N) is 1. The predicted molar refractivity (Wildman–Crippen MR) is 270 cm³/mol. The van der Waals surface area contributed by atoms with E-state index in [1.165, 1.54) is 122 Å². The minimum atomic E-state index is -4.57. The van der Waals surface area contributed by atoms with E-state index in [4.69, 9.17) is 9.05 Å². The first-order chi connectivity index (χ1) is 30.5. The maximum atomic E-state index is 12.9. The van der Waals surface area contributed by atoms with Gasteiger partial charge < -0.3 is 28.8 Å². The molecule has 0 aliphatic rings. The minimum Gasteiger partial charge on any atom is -0.756 e. The zero-order valence-electron chi connectivity index (χ0n) is 41.8. The smallest absolute Gasteiger partial charge is 0.268 e. The van der Waals surface area contributed by atoms with E-state index in [1.807, 2.05) is 21.1 Å². The van der Waals surface area contributed by atoms with E-state index >= 15 is 0 Å². The van der Waals surface area contributed by atoms with Crippen LogP contribution in [-0.4, -0.2) is 68.5 Å². The van der Waals surface area contributed by atoms with Gasteiger partial charge in [0.2, 0.25) is 5.91 Å². The van der Waals surface area contributed by atoms with Crippen molar-refractivity contribution in [3.8, 4) is 0 Å². The van der Waals surface area contributed by atoms with E-state index in [9.17, 15) is 19.4 Å². The van der Waals surface area contributed by atoms with Crippen molar-refractivity contribution in [2.45, 2.75) is 238 Å². The van der Waals surface area contributed by atoms with E-state index < -0.39 is 20.0 Å². The number of nitrogens with one attached hydrogen (secondary N) is 1. The highest BCUT2D eigenvalue weighted by Gasteiger charge is 2.24. The van der Waals surface area contributed by atoms with Gasteiger partial charge in [0.1, 0.15) is 13.2 Å². The number of carbonyl (C=O) groups excluding carboxylic acids is 1. The Labute approximate surface area is 390 Å². The fourth-order valence-corrected chi connectivity index (χ4v) is 8.14. The molecule has 3 unspecified atom stereocenters. The van der Waals surface area contributed by atoms with Gasteiger partial charge in [-0.25, -0.2) is 0 Å². The molecule has 0 aliphatic heterocycles. The molecular formula is C54H101N2O6P. The third-order valence-electron chi connectivity index (χ3n) is 11.5. The summed E-state index contributed by atoms with van der Waals surface area (Å²) in [5.74, 6) is -0.172. The van der Waals surface area contributed by atoms with Crippen LogP contribution in [0.1, 0.15) is 226 Å². The molecule has 0 heterocycles. The number of aliphatic hydroxyl groups is 1. The zero-order chi connectivity index (χ0) is 46.4. The first kappa shape index (κ1) is 61.2. The summed E-state index contributed by atoms with van der Waals surface area (Å²) in [7, 11) is 1.30. The van der Waals surface area contributed by atoms with Crippen molar-refractivity contribution in [1.82, 2.24) is 5.32 Å². The fraction of sp³-hybridized carbons (Fsp3) is 0.796. The maximum absolute atomic E-state index is 12.9. The highest BCUT2D eigenvalue weighted by molar-refractivity contribution is 7.45. The third-order valence-corrected chi connectivity index (χ3v) is 12.5. The van der Waals surface area contributed by atoms with E-state index in [0.717, 1.165) is 77.0 Å². The van der Waals surface area contributed by atoms with E-state index in [-0.39, 0.29) is 19.1 Å². The molecule has 0 aliphatic carbocycles. The lowest BCUT2D eigenvalue weighted by Crippen LogP contribution is -2.46. The monoisotopic (exact) mass is 905 g/mol. The summed E-state index contributed by atoms with van der Waals surface area (Å²) in [6.45, 7) is 4.61. The van der Waals surface area contributed by atoms with Gasteiger partial charge in [0.05, 0.1) is 39.9 Å². The Morgan fingerprint density at radius 3 is 1.41 bits per heavy atom. The van der Waals surface area contributed by atoms with Crippen LogP contribution in [-0.2, 0) is 18.4 Å². The van der Waals surface area contributed by atoms with Crippen LogP contribution < -0.4 is 10.2 Å². The van der Waals surface area contributed by atoms with Crippen molar-refractivity contribution < 1.29 is 32.9 Å². The van der Waals surface area contributed by atoms with Gasteiger partial charge in [0.25, 0.3) is 7.82 Å². The molecule has 2 N–H and O–H groups in total.